The van der Waals surface area contributed by atoms with Gasteiger partial charge in [-0.1, -0.05) is 36.4 Å². The van der Waals surface area contributed by atoms with Crippen molar-refractivity contribution in [3.05, 3.63) is 66.0 Å². The summed E-state index contributed by atoms with van der Waals surface area (Å²) < 4.78 is 17.5. The molecule has 0 aromatic heterocycles. The summed E-state index contributed by atoms with van der Waals surface area (Å²) >= 11 is 0. The minimum absolute atomic E-state index is 0.248. The molecule has 2 rings (SSSR count). The van der Waals surface area contributed by atoms with Crippen LogP contribution in [0.1, 0.15) is 12.5 Å². The predicted octanol–water partition coefficient (Wildman–Crippen LogP) is 4.07. The average molecular weight is 270 g/mol. The first-order valence-electron chi connectivity index (χ1n) is 6.23. The summed E-state index contributed by atoms with van der Waals surface area (Å²) in [5.41, 5.74) is 3.73. The molecule has 0 spiro atoms. The Morgan fingerprint density at radius 1 is 1.00 bits per heavy atom. The topological polar surface area (TPSA) is 26.3 Å². The summed E-state index contributed by atoms with van der Waals surface area (Å²) in [5, 5.41) is 0. The van der Waals surface area contributed by atoms with Crippen molar-refractivity contribution in [2.75, 3.05) is 7.11 Å². The van der Waals surface area contributed by atoms with Gasteiger partial charge in [-0.3, -0.25) is 0 Å². The van der Waals surface area contributed by atoms with Gasteiger partial charge >= 0.3 is 5.97 Å². The Labute approximate surface area is 117 Å². The SMILES string of the molecule is COC(=O)/C=C(\C)c1ccc(-c2ccc(F)cc2)cc1. The van der Waals surface area contributed by atoms with Crippen LogP contribution in [-0.4, -0.2) is 13.1 Å². The minimum atomic E-state index is -0.370. The molecule has 3 heteroatoms. The molecule has 0 radical (unpaired) electrons. The van der Waals surface area contributed by atoms with E-state index in [0.717, 1.165) is 22.3 Å². The minimum Gasteiger partial charge on any atom is -0.466 e. The first kappa shape index (κ1) is 14.0. The summed E-state index contributed by atoms with van der Waals surface area (Å²) in [6, 6.07) is 14.1. The zero-order chi connectivity index (χ0) is 14.5. The number of hydrogen-bond acceptors (Lipinski definition) is 2. The number of halogens is 1. The summed E-state index contributed by atoms with van der Waals surface area (Å²) in [7, 11) is 1.35. The third-order valence-corrected chi connectivity index (χ3v) is 3.05. The van der Waals surface area contributed by atoms with E-state index in [1.807, 2.05) is 31.2 Å². The molecule has 0 N–H and O–H groups in total. The molecule has 0 aliphatic carbocycles. The molecular formula is C17H15FO2. The summed E-state index contributed by atoms with van der Waals surface area (Å²) in [4.78, 5) is 11.2. The number of hydrogen-bond donors (Lipinski definition) is 0. The lowest BCUT2D eigenvalue weighted by atomic mass is 10.0. The first-order chi connectivity index (χ1) is 9.60. The summed E-state index contributed by atoms with van der Waals surface area (Å²) in [6.07, 6.45) is 1.45. The first-order valence-corrected chi connectivity index (χ1v) is 6.23. The Bertz CT molecular complexity index is 625. The van der Waals surface area contributed by atoms with E-state index in [1.54, 1.807) is 12.1 Å². The van der Waals surface area contributed by atoms with Crippen molar-refractivity contribution in [1.29, 1.82) is 0 Å². The molecular weight excluding hydrogens is 255 g/mol. The molecule has 0 atom stereocenters. The van der Waals surface area contributed by atoms with Crippen LogP contribution in [0.2, 0.25) is 0 Å². The molecule has 0 bridgehead atoms. The lowest BCUT2D eigenvalue weighted by Crippen LogP contribution is -1.95. The molecule has 0 fully saturated rings. The Kier molecular flexibility index (Phi) is 4.31. The van der Waals surface area contributed by atoms with E-state index in [-0.39, 0.29) is 11.8 Å². The third kappa shape index (κ3) is 3.32. The fourth-order valence-electron chi connectivity index (χ4n) is 1.89. The second kappa shape index (κ2) is 6.15. The van der Waals surface area contributed by atoms with Crippen molar-refractivity contribution in [2.45, 2.75) is 6.92 Å². The number of methoxy groups -OCH3 is 1. The lowest BCUT2D eigenvalue weighted by Gasteiger charge is -2.05. The number of ether oxygens (including phenoxy) is 1. The van der Waals surface area contributed by atoms with Gasteiger partial charge in [-0.05, 0) is 41.3 Å². The molecule has 2 aromatic carbocycles. The predicted molar refractivity (Wildman–Crippen MR) is 77.5 cm³/mol. The number of rotatable bonds is 3. The molecule has 2 nitrogen and oxygen atoms in total. The Morgan fingerprint density at radius 3 is 2.00 bits per heavy atom. The molecule has 102 valence electrons. The molecule has 0 amide bonds. The molecule has 0 aliphatic rings. The average Bonchev–Trinajstić information content (AvgIpc) is 2.48. The number of esters is 1. The van der Waals surface area contributed by atoms with Crippen molar-refractivity contribution in [3.8, 4) is 11.1 Å². The van der Waals surface area contributed by atoms with Crippen LogP contribution < -0.4 is 0 Å². The fourth-order valence-corrected chi connectivity index (χ4v) is 1.89. The molecule has 20 heavy (non-hydrogen) atoms. The van der Waals surface area contributed by atoms with Gasteiger partial charge in [0, 0.05) is 6.08 Å². The van der Waals surface area contributed by atoms with Gasteiger partial charge in [-0.2, -0.15) is 0 Å². The van der Waals surface area contributed by atoms with E-state index in [2.05, 4.69) is 4.74 Å². The second-order valence-corrected chi connectivity index (χ2v) is 4.43. The van der Waals surface area contributed by atoms with E-state index in [1.165, 1.54) is 25.3 Å². The van der Waals surface area contributed by atoms with Crippen LogP contribution in [0.25, 0.3) is 16.7 Å². The highest BCUT2D eigenvalue weighted by atomic mass is 19.1. The standard InChI is InChI=1S/C17H15FO2/c1-12(11-17(19)20-2)13-3-5-14(6-4-13)15-7-9-16(18)10-8-15/h3-11H,1-2H3/b12-11+. The van der Waals surface area contributed by atoms with Crippen LogP contribution in [0.15, 0.2) is 54.6 Å². The molecule has 0 saturated heterocycles. The molecule has 0 aliphatic heterocycles. The van der Waals surface area contributed by atoms with Crippen LogP contribution >= 0.6 is 0 Å². The number of allylic oxidation sites excluding steroid dienone is 1. The van der Waals surface area contributed by atoms with Gasteiger partial charge in [0.05, 0.1) is 7.11 Å². The molecule has 2 aromatic rings. The highest BCUT2D eigenvalue weighted by molar-refractivity contribution is 5.90. The van der Waals surface area contributed by atoms with Gasteiger partial charge in [0.15, 0.2) is 0 Å². The van der Waals surface area contributed by atoms with Gasteiger partial charge in [0.1, 0.15) is 5.82 Å². The van der Waals surface area contributed by atoms with Crippen molar-refractivity contribution in [3.63, 3.8) is 0 Å². The van der Waals surface area contributed by atoms with Crippen LogP contribution in [-0.2, 0) is 9.53 Å². The molecule has 0 saturated carbocycles. The van der Waals surface area contributed by atoms with Gasteiger partial charge in [-0.25, -0.2) is 9.18 Å². The summed E-state index contributed by atoms with van der Waals surface area (Å²) in [5.74, 6) is -0.618. The quantitative estimate of drug-likeness (QED) is 0.620. The normalized spacial score (nSPS) is 11.2. The maximum Gasteiger partial charge on any atom is 0.330 e. The van der Waals surface area contributed by atoms with Crippen molar-refractivity contribution >= 4 is 11.5 Å². The van der Waals surface area contributed by atoms with Crippen molar-refractivity contribution in [2.24, 2.45) is 0 Å². The summed E-state index contributed by atoms with van der Waals surface area (Å²) in [6.45, 7) is 1.85. The van der Waals surface area contributed by atoms with E-state index in [4.69, 9.17) is 0 Å². The Morgan fingerprint density at radius 2 is 1.50 bits per heavy atom. The number of carbonyl (C=O) groups excluding carboxylic acids is 1. The van der Waals surface area contributed by atoms with E-state index < -0.39 is 0 Å². The maximum atomic E-state index is 12.9. The Balaban J connectivity index is 2.24. The van der Waals surface area contributed by atoms with Crippen LogP contribution in [0, 0.1) is 5.82 Å². The van der Waals surface area contributed by atoms with E-state index >= 15 is 0 Å². The van der Waals surface area contributed by atoms with Crippen molar-refractivity contribution in [1.82, 2.24) is 0 Å². The van der Waals surface area contributed by atoms with Crippen LogP contribution in [0.4, 0.5) is 4.39 Å². The molecule has 0 heterocycles. The van der Waals surface area contributed by atoms with Crippen LogP contribution in [0.3, 0.4) is 0 Å². The smallest absolute Gasteiger partial charge is 0.330 e. The van der Waals surface area contributed by atoms with Gasteiger partial charge in [0.2, 0.25) is 0 Å². The zero-order valence-corrected chi connectivity index (χ0v) is 11.4. The highest BCUT2D eigenvalue weighted by Gasteiger charge is 2.02. The fraction of sp³-hybridized carbons (Fsp3) is 0.118. The van der Waals surface area contributed by atoms with Gasteiger partial charge in [0.25, 0.3) is 0 Å². The monoisotopic (exact) mass is 270 g/mol. The lowest BCUT2D eigenvalue weighted by molar-refractivity contribution is -0.134. The number of benzene rings is 2. The van der Waals surface area contributed by atoms with Gasteiger partial charge < -0.3 is 4.74 Å². The highest BCUT2D eigenvalue weighted by Crippen LogP contribution is 2.22. The maximum absolute atomic E-state index is 12.9. The Hall–Kier alpha value is -2.42. The molecule has 0 unspecified atom stereocenters. The van der Waals surface area contributed by atoms with Crippen molar-refractivity contribution < 1.29 is 13.9 Å². The van der Waals surface area contributed by atoms with E-state index in [0.29, 0.717) is 0 Å². The zero-order valence-electron chi connectivity index (χ0n) is 11.4. The van der Waals surface area contributed by atoms with Gasteiger partial charge in [-0.15, -0.1) is 0 Å². The largest absolute Gasteiger partial charge is 0.466 e. The number of carbonyl (C=O) groups is 1. The second-order valence-electron chi connectivity index (χ2n) is 4.43. The van der Waals surface area contributed by atoms with Crippen LogP contribution in [0.5, 0.6) is 0 Å². The third-order valence-electron chi connectivity index (χ3n) is 3.05. The van der Waals surface area contributed by atoms with E-state index in [9.17, 15) is 9.18 Å².